The lowest BCUT2D eigenvalue weighted by atomic mass is 10.1. The van der Waals surface area contributed by atoms with Crippen molar-refractivity contribution < 1.29 is 14.0 Å². The summed E-state index contributed by atoms with van der Waals surface area (Å²) in [5.41, 5.74) is 0. The molecule has 0 unspecified atom stereocenters. The lowest BCUT2D eigenvalue weighted by Gasteiger charge is -2.37. The molecular formula is C11H24NO2+. The number of quaternary nitrogens is 1. The van der Waals surface area contributed by atoms with Gasteiger partial charge in [-0.15, -0.1) is 0 Å². The summed E-state index contributed by atoms with van der Waals surface area (Å²) in [5.74, 6) is 0. The molecule has 3 heteroatoms. The zero-order valence-corrected chi connectivity index (χ0v) is 9.63. The van der Waals surface area contributed by atoms with E-state index < -0.39 is 0 Å². The van der Waals surface area contributed by atoms with Gasteiger partial charge in [-0.3, -0.25) is 0 Å². The summed E-state index contributed by atoms with van der Waals surface area (Å²) in [6, 6.07) is 0. The van der Waals surface area contributed by atoms with E-state index in [0.717, 1.165) is 19.8 Å². The molecule has 1 saturated heterocycles. The van der Waals surface area contributed by atoms with Crippen LogP contribution in [-0.2, 0) is 9.47 Å². The molecule has 0 bridgehead atoms. The van der Waals surface area contributed by atoms with Gasteiger partial charge >= 0.3 is 0 Å². The second kappa shape index (κ2) is 6.38. The molecule has 0 aromatic heterocycles. The molecule has 0 atom stereocenters. The number of likely N-dealkylation sites (N-methyl/N-ethyl adjacent to an activating group) is 1. The van der Waals surface area contributed by atoms with Crippen molar-refractivity contribution in [3.8, 4) is 0 Å². The molecule has 0 radical (unpaired) electrons. The van der Waals surface area contributed by atoms with Gasteiger partial charge in [0.15, 0.2) is 0 Å². The van der Waals surface area contributed by atoms with Gasteiger partial charge < -0.3 is 14.0 Å². The molecule has 0 amide bonds. The van der Waals surface area contributed by atoms with Crippen LogP contribution in [0.2, 0.25) is 0 Å². The molecule has 1 rings (SSSR count). The maximum atomic E-state index is 5.50. The van der Waals surface area contributed by atoms with Crippen LogP contribution in [0.15, 0.2) is 0 Å². The number of ether oxygens (including phenoxy) is 2. The number of piperidine rings is 1. The molecule has 84 valence electrons. The molecule has 14 heavy (non-hydrogen) atoms. The standard InChI is InChI=1S/C11H24NO2/c1-12(6-4-3-5-7-12)8-9-14-11-10-13-2/h3-11H2,1-2H3/q+1. The highest BCUT2D eigenvalue weighted by Crippen LogP contribution is 2.15. The van der Waals surface area contributed by atoms with Crippen LogP contribution in [0.25, 0.3) is 0 Å². The van der Waals surface area contributed by atoms with E-state index in [0.29, 0.717) is 6.61 Å². The van der Waals surface area contributed by atoms with E-state index in [1.807, 2.05) is 0 Å². The molecular weight excluding hydrogens is 178 g/mol. The number of nitrogens with zero attached hydrogens (tertiary/aromatic N) is 1. The van der Waals surface area contributed by atoms with E-state index in [9.17, 15) is 0 Å². The van der Waals surface area contributed by atoms with Crippen LogP contribution in [0.1, 0.15) is 19.3 Å². The van der Waals surface area contributed by atoms with E-state index in [2.05, 4.69) is 7.05 Å². The first-order valence-corrected chi connectivity index (χ1v) is 5.67. The third-order valence-electron chi connectivity index (χ3n) is 3.10. The smallest absolute Gasteiger partial charge is 0.102 e. The average Bonchev–Trinajstić information content (AvgIpc) is 2.18. The summed E-state index contributed by atoms with van der Waals surface area (Å²) in [6.07, 6.45) is 4.18. The Morgan fingerprint density at radius 1 is 1.00 bits per heavy atom. The predicted molar refractivity (Wildman–Crippen MR) is 57.3 cm³/mol. The molecule has 0 aromatic carbocycles. The first-order chi connectivity index (χ1) is 6.77. The van der Waals surface area contributed by atoms with Crippen molar-refractivity contribution in [3.05, 3.63) is 0 Å². The van der Waals surface area contributed by atoms with Crippen molar-refractivity contribution in [1.29, 1.82) is 0 Å². The van der Waals surface area contributed by atoms with Gasteiger partial charge in [-0.05, 0) is 19.3 Å². The van der Waals surface area contributed by atoms with Crippen molar-refractivity contribution in [2.24, 2.45) is 0 Å². The molecule has 0 aromatic rings. The first-order valence-electron chi connectivity index (χ1n) is 5.67. The van der Waals surface area contributed by atoms with Crippen molar-refractivity contribution in [2.75, 3.05) is 53.6 Å². The summed E-state index contributed by atoms with van der Waals surface area (Å²) < 4.78 is 11.6. The molecule has 1 heterocycles. The fourth-order valence-electron chi connectivity index (χ4n) is 2.03. The Hall–Kier alpha value is -0.120. The highest BCUT2D eigenvalue weighted by molar-refractivity contribution is 4.51. The molecule has 0 spiro atoms. The van der Waals surface area contributed by atoms with Crippen LogP contribution in [-0.4, -0.2) is 58.1 Å². The van der Waals surface area contributed by atoms with E-state index in [1.165, 1.54) is 36.8 Å². The summed E-state index contributed by atoms with van der Waals surface area (Å²) in [4.78, 5) is 0. The first kappa shape index (κ1) is 12.0. The van der Waals surface area contributed by atoms with E-state index in [1.54, 1.807) is 7.11 Å². The SMILES string of the molecule is COCCOCC[N+]1(C)CCCCC1. The number of likely N-dealkylation sites (tertiary alicyclic amines) is 1. The second-order valence-corrected chi connectivity index (χ2v) is 4.46. The lowest BCUT2D eigenvalue weighted by Crippen LogP contribution is -2.49. The average molecular weight is 202 g/mol. The van der Waals surface area contributed by atoms with Crippen LogP contribution in [0.4, 0.5) is 0 Å². The van der Waals surface area contributed by atoms with Gasteiger partial charge in [-0.25, -0.2) is 0 Å². The number of methoxy groups -OCH3 is 1. The quantitative estimate of drug-likeness (QED) is 0.477. The van der Waals surface area contributed by atoms with Gasteiger partial charge in [-0.1, -0.05) is 0 Å². The summed E-state index contributed by atoms with van der Waals surface area (Å²) in [5, 5.41) is 0. The topological polar surface area (TPSA) is 18.5 Å². The molecule has 1 aliphatic rings. The van der Waals surface area contributed by atoms with Crippen LogP contribution in [0.3, 0.4) is 0 Å². The molecule has 0 N–H and O–H groups in total. The van der Waals surface area contributed by atoms with Crippen LogP contribution >= 0.6 is 0 Å². The van der Waals surface area contributed by atoms with Crippen LogP contribution < -0.4 is 0 Å². The molecule has 3 nitrogen and oxygen atoms in total. The monoisotopic (exact) mass is 202 g/mol. The predicted octanol–water partition coefficient (Wildman–Crippen LogP) is 1.28. The molecule has 0 aliphatic carbocycles. The minimum Gasteiger partial charge on any atom is -0.382 e. The van der Waals surface area contributed by atoms with E-state index >= 15 is 0 Å². The lowest BCUT2D eigenvalue weighted by molar-refractivity contribution is -0.914. The fourth-order valence-corrected chi connectivity index (χ4v) is 2.03. The number of hydrogen-bond acceptors (Lipinski definition) is 2. The zero-order chi connectivity index (χ0) is 10.3. The normalized spacial score (nSPS) is 21.0. The van der Waals surface area contributed by atoms with Crippen molar-refractivity contribution in [2.45, 2.75) is 19.3 Å². The van der Waals surface area contributed by atoms with Crippen molar-refractivity contribution >= 4 is 0 Å². The maximum absolute atomic E-state index is 5.50. The zero-order valence-electron chi connectivity index (χ0n) is 9.63. The third kappa shape index (κ3) is 4.40. The number of hydrogen-bond donors (Lipinski definition) is 0. The Bertz CT molecular complexity index is 144. The Balaban J connectivity index is 2.03. The second-order valence-electron chi connectivity index (χ2n) is 4.46. The number of rotatable bonds is 6. The van der Waals surface area contributed by atoms with Gasteiger partial charge in [-0.2, -0.15) is 0 Å². The van der Waals surface area contributed by atoms with E-state index in [-0.39, 0.29) is 0 Å². The summed E-state index contributed by atoms with van der Waals surface area (Å²) >= 11 is 0. The minimum absolute atomic E-state index is 0.712. The highest BCUT2D eigenvalue weighted by atomic mass is 16.5. The van der Waals surface area contributed by atoms with Crippen molar-refractivity contribution in [1.82, 2.24) is 0 Å². The van der Waals surface area contributed by atoms with Crippen LogP contribution in [0, 0.1) is 0 Å². The minimum atomic E-state index is 0.712. The molecule has 1 fully saturated rings. The van der Waals surface area contributed by atoms with E-state index in [4.69, 9.17) is 9.47 Å². The fraction of sp³-hybridized carbons (Fsp3) is 1.00. The summed E-state index contributed by atoms with van der Waals surface area (Å²) in [7, 11) is 4.06. The Kier molecular flexibility index (Phi) is 5.45. The third-order valence-corrected chi connectivity index (χ3v) is 3.10. The van der Waals surface area contributed by atoms with Crippen molar-refractivity contribution in [3.63, 3.8) is 0 Å². The Morgan fingerprint density at radius 2 is 1.71 bits per heavy atom. The maximum Gasteiger partial charge on any atom is 0.102 e. The van der Waals surface area contributed by atoms with Gasteiger partial charge in [0.2, 0.25) is 0 Å². The summed E-state index contributed by atoms with van der Waals surface area (Å²) in [6.45, 7) is 6.13. The van der Waals surface area contributed by atoms with Gasteiger partial charge in [0, 0.05) is 7.11 Å². The van der Waals surface area contributed by atoms with Gasteiger partial charge in [0.1, 0.15) is 6.54 Å². The van der Waals surface area contributed by atoms with Crippen LogP contribution in [0.5, 0.6) is 0 Å². The molecule has 1 aliphatic heterocycles. The highest BCUT2D eigenvalue weighted by Gasteiger charge is 2.23. The largest absolute Gasteiger partial charge is 0.382 e. The van der Waals surface area contributed by atoms with Gasteiger partial charge in [0.05, 0.1) is 40.0 Å². The Labute approximate surface area is 87.6 Å². The Morgan fingerprint density at radius 3 is 2.36 bits per heavy atom. The molecule has 0 saturated carbocycles. The van der Waals surface area contributed by atoms with Gasteiger partial charge in [0.25, 0.3) is 0 Å².